The van der Waals surface area contributed by atoms with Gasteiger partial charge in [-0.05, 0) is 49.0 Å². The van der Waals surface area contributed by atoms with Gasteiger partial charge in [0.25, 0.3) is 0 Å². The molecule has 4 nitrogen and oxygen atoms in total. The molecule has 0 aromatic carbocycles. The summed E-state index contributed by atoms with van der Waals surface area (Å²) in [6.07, 6.45) is 7.46. The van der Waals surface area contributed by atoms with Crippen LogP contribution in [0.1, 0.15) is 58.8 Å². The molecule has 3 fully saturated rings. The Morgan fingerprint density at radius 1 is 1.13 bits per heavy atom. The summed E-state index contributed by atoms with van der Waals surface area (Å²) in [6, 6.07) is 0. The first kappa shape index (κ1) is 15.1. The Balaban J connectivity index is 1.81. The van der Waals surface area contributed by atoms with Crippen LogP contribution in [0.3, 0.4) is 0 Å². The number of carbonyl (C=O) groups is 2. The second kappa shape index (κ2) is 4.78. The Labute approximate surface area is 137 Å². The molecule has 5 atom stereocenters. The summed E-state index contributed by atoms with van der Waals surface area (Å²) in [5.74, 6) is 1.56. The lowest BCUT2D eigenvalue weighted by molar-refractivity contribution is -0.128. The first-order chi connectivity index (χ1) is 10.9. The van der Waals surface area contributed by atoms with Crippen molar-refractivity contribution in [2.75, 3.05) is 0 Å². The van der Waals surface area contributed by atoms with Crippen molar-refractivity contribution in [2.24, 2.45) is 33.7 Å². The fourth-order valence-electron chi connectivity index (χ4n) is 6.29. The van der Waals surface area contributed by atoms with Gasteiger partial charge in [0.05, 0.1) is 5.71 Å². The predicted molar refractivity (Wildman–Crippen MR) is 86.3 cm³/mol. The van der Waals surface area contributed by atoms with E-state index in [0.29, 0.717) is 36.9 Å². The zero-order chi connectivity index (χ0) is 16.4. The number of ketones is 2. The number of hydrogen-bond donors (Lipinski definition) is 1. The molecule has 4 rings (SSSR count). The summed E-state index contributed by atoms with van der Waals surface area (Å²) >= 11 is 0. The maximum atomic E-state index is 12.5. The third kappa shape index (κ3) is 1.87. The zero-order valence-electron chi connectivity index (χ0n) is 14.0. The predicted octanol–water partition coefficient (Wildman–Crippen LogP) is 3.53. The number of oxime groups is 1. The van der Waals surface area contributed by atoms with Crippen molar-refractivity contribution in [1.82, 2.24) is 0 Å². The van der Waals surface area contributed by atoms with E-state index < -0.39 is 0 Å². The Hall–Kier alpha value is -1.45. The Kier molecular flexibility index (Phi) is 3.14. The molecule has 1 N–H and O–H groups in total. The van der Waals surface area contributed by atoms with Crippen LogP contribution >= 0.6 is 0 Å². The van der Waals surface area contributed by atoms with Crippen LogP contribution in [0.15, 0.2) is 16.8 Å². The number of fused-ring (bicyclic) bond motifs is 5. The van der Waals surface area contributed by atoms with Gasteiger partial charge in [-0.25, -0.2) is 0 Å². The number of allylic oxidation sites excluding steroid dienone is 1. The molecule has 0 aromatic rings. The average Bonchev–Trinajstić information content (AvgIpc) is 2.82. The fraction of sp³-hybridized carbons (Fsp3) is 0.737. The highest BCUT2D eigenvalue weighted by Crippen LogP contribution is 2.63. The minimum absolute atomic E-state index is 0.0780. The highest BCUT2D eigenvalue weighted by Gasteiger charge is 2.61. The van der Waals surface area contributed by atoms with Crippen molar-refractivity contribution in [3.8, 4) is 0 Å². The molecule has 0 saturated heterocycles. The van der Waals surface area contributed by atoms with E-state index in [-0.39, 0.29) is 22.5 Å². The first-order valence-corrected chi connectivity index (χ1v) is 8.88. The second-order valence-corrected chi connectivity index (χ2v) is 8.49. The van der Waals surface area contributed by atoms with E-state index >= 15 is 0 Å². The van der Waals surface area contributed by atoms with Gasteiger partial charge in [-0.15, -0.1) is 0 Å². The standard InChI is InChI=1S/C19H25NO3/c1-18-8-7-12(21)9-11(18)3-4-13-14-5-6-16(22)19(14,2)10-15(20-23)17(13)18/h9,13-14,17,23H,3-8,10H2,1-2H3/t13-,14-,17+,18-,19-/m0/s1. The highest BCUT2D eigenvalue weighted by molar-refractivity contribution is 5.98. The summed E-state index contributed by atoms with van der Waals surface area (Å²) in [6.45, 7) is 4.32. The largest absolute Gasteiger partial charge is 0.411 e. The van der Waals surface area contributed by atoms with Gasteiger partial charge in [0.2, 0.25) is 0 Å². The average molecular weight is 315 g/mol. The minimum Gasteiger partial charge on any atom is -0.411 e. The molecule has 3 saturated carbocycles. The molecule has 4 aliphatic rings. The van der Waals surface area contributed by atoms with Crippen LogP contribution in [-0.4, -0.2) is 22.5 Å². The monoisotopic (exact) mass is 315 g/mol. The van der Waals surface area contributed by atoms with E-state index in [4.69, 9.17) is 0 Å². The molecule has 0 spiro atoms. The quantitative estimate of drug-likeness (QED) is 0.549. The molecule has 0 aromatic heterocycles. The van der Waals surface area contributed by atoms with E-state index in [9.17, 15) is 14.8 Å². The fourth-order valence-corrected chi connectivity index (χ4v) is 6.29. The van der Waals surface area contributed by atoms with E-state index in [2.05, 4.69) is 19.0 Å². The van der Waals surface area contributed by atoms with Gasteiger partial charge in [0.15, 0.2) is 5.78 Å². The summed E-state index contributed by atoms with van der Waals surface area (Å²) in [4.78, 5) is 24.3. The molecular formula is C19H25NO3. The van der Waals surface area contributed by atoms with Gasteiger partial charge in [-0.3, -0.25) is 9.59 Å². The lowest BCUT2D eigenvalue weighted by atomic mass is 9.47. The van der Waals surface area contributed by atoms with E-state index in [0.717, 1.165) is 31.4 Å². The van der Waals surface area contributed by atoms with Crippen LogP contribution in [0.4, 0.5) is 0 Å². The zero-order valence-corrected chi connectivity index (χ0v) is 14.0. The molecular weight excluding hydrogens is 290 g/mol. The van der Waals surface area contributed by atoms with Gasteiger partial charge in [-0.1, -0.05) is 24.6 Å². The van der Waals surface area contributed by atoms with E-state index in [1.165, 1.54) is 5.57 Å². The molecule has 0 amide bonds. The number of nitrogens with zero attached hydrogens (tertiary/aromatic N) is 1. The smallest absolute Gasteiger partial charge is 0.155 e. The molecule has 124 valence electrons. The SMILES string of the molecule is C[C@]12CCC(=O)C=C1CC[C@@H]1[C@@H]2C(=NO)C[C@]2(C)C(=O)CC[C@@H]12. The topological polar surface area (TPSA) is 66.7 Å². The second-order valence-electron chi connectivity index (χ2n) is 8.49. The number of hydrogen-bond acceptors (Lipinski definition) is 4. The summed E-state index contributed by atoms with van der Waals surface area (Å²) < 4.78 is 0. The molecule has 0 heterocycles. The Bertz CT molecular complexity index is 649. The van der Waals surface area contributed by atoms with Crippen molar-refractivity contribution in [2.45, 2.75) is 58.8 Å². The third-order valence-corrected chi connectivity index (χ3v) is 7.51. The van der Waals surface area contributed by atoms with Crippen LogP contribution in [-0.2, 0) is 9.59 Å². The van der Waals surface area contributed by atoms with Crippen LogP contribution in [0, 0.1) is 28.6 Å². The van der Waals surface area contributed by atoms with Crippen molar-refractivity contribution in [1.29, 1.82) is 0 Å². The third-order valence-electron chi connectivity index (χ3n) is 7.51. The molecule has 0 bridgehead atoms. The van der Waals surface area contributed by atoms with Gasteiger partial charge in [0, 0.05) is 30.6 Å². The van der Waals surface area contributed by atoms with E-state index in [1.54, 1.807) is 0 Å². The summed E-state index contributed by atoms with van der Waals surface area (Å²) in [7, 11) is 0. The molecule has 4 aliphatic carbocycles. The van der Waals surface area contributed by atoms with Crippen LogP contribution in [0.5, 0.6) is 0 Å². The lowest BCUT2D eigenvalue weighted by Gasteiger charge is -2.56. The van der Waals surface area contributed by atoms with Gasteiger partial charge in [0.1, 0.15) is 5.78 Å². The lowest BCUT2D eigenvalue weighted by Crippen LogP contribution is -2.55. The van der Waals surface area contributed by atoms with Crippen LogP contribution < -0.4 is 0 Å². The highest BCUT2D eigenvalue weighted by atomic mass is 16.4. The van der Waals surface area contributed by atoms with Crippen molar-refractivity contribution < 1.29 is 14.8 Å². The molecule has 4 heteroatoms. The van der Waals surface area contributed by atoms with Crippen LogP contribution in [0.2, 0.25) is 0 Å². The molecule has 23 heavy (non-hydrogen) atoms. The summed E-state index contributed by atoms with van der Waals surface area (Å²) in [5.41, 5.74) is 1.62. The number of rotatable bonds is 0. The van der Waals surface area contributed by atoms with Gasteiger partial charge < -0.3 is 5.21 Å². The number of Topliss-reactive ketones (excluding diaryl/α,β-unsaturated/α-hetero) is 1. The first-order valence-electron chi connectivity index (χ1n) is 8.88. The Morgan fingerprint density at radius 3 is 2.65 bits per heavy atom. The molecule has 0 unspecified atom stereocenters. The van der Waals surface area contributed by atoms with Crippen molar-refractivity contribution in [3.63, 3.8) is 0 Å². The summed E-state index contributed by atoms with van der Waals surface area (Å²) in [5, 5.41) is 13.4. The number of carbonyl (C=O) groups excluding carboxylic acids is 2. The maximum Gasteiger partial charge on any atom is 0.155 e. The van der Waals surface area contributed by atoms with Crippen LogP contribution in [0.25, 0.3) is 0 Å². The molecule has 0 radical (unpaired) electrons. The Morgan fingerprint density at radius 2 is 1.91 bits per heavy atom. The maximum absolute atomic E-state index is 12.5. The minimum atomic E-state index is -0.342. The normalized spacial score (nSPS) is 47.8. The van der Waals surface area contributed by atoms with Gasteiger partial charge >= 0.3 is 0 Å². The van der Waals surface area contributed by atoms with Crippen molar-refractivity contribution in [3.05, 3.63) is 11.6 Å². The molecule has 0 aliphatic heterocycles. The van der Waals surface area contributed by atoms with Gasteiger partial charge in [-0.2, -0.15) is 0 Å². The van der Waals surface area contributed by atoms with E-state index in [1.807, 2.05) is 6.08 Å². The van der Waals surface area contributed by atoms with Crippen molar-refractivity contribution >= 4 is 17.3 Å².